The lowest BCUT2D eigenvalue weighted by molar-refractivity contribution is 0.0690. The summed E-state index contributed by atoms with van der Waals surface area (Å²) >= 11 is 0. The number of carboxylic acids is 1. The first kappa shape index (κ1) is 18.0. The van der Waals surface area contributed by atoms with Crippen LogP contribution in [-0.2, 0) is 24.5 Å². The molecule has 0 fully saturated rings. The Kier molecular flexibility index (Phi) is 4.70. The van der Waals surface area contributed by atoms with Crippen molar-refractivity contribution < 1.29 is 24.1 Å². The molecule has 28 heavy (non-hydrogen) atoms. The summed E-state index contributed by atoms with van der Waals surface area (Å²) in [5, 5.41) is 13.3. The summed E-state index contributed by atoms with van der Waals surface area (Å²) in [5.74, 6) is 1.07. The van der Waals surface area contributed by atoms with Gasteiger partial charge in [0.05, 0.1) is 39.1 Å². The third kappa shape index (κ3) is 3.18. The molecule has 8 nitrogen and oxygen atoms in total. The summed E-state index contributed by atoms with van der Waals surface area (Å²) in [5.41, 5.74) is 3.45. The molecular formula is C20H19N3O5. The molecule has 4 rings (SSSR count). The van der Waals surface area contributed by atoms with E-state index in [-0.39, 0.29) is 5.69 Å². The van der Waals surface area contributed by atoms with Crippen LogP contribution in [-0.4, -0.2) is 35.3 Å². The first-order chi connectivity index (χ1) is 13.6. The smallest absolute Gasteiger partial charge is 0.354 e. The minimum atomic E-state index is -1.07. The van der Waals surface area contributed by atoms with Gasteiger partial charge in [0.25, 0.3) is 0 Å². The van der Waals surface area contributed by atoms with Crippen LogP contribution < -0.4 is 14.8 Å². The largest absolute Gasteiger partial charge is 0.497 e. The molecule has 1 aliphatic rings. The Hall–Kier alpha value is -3.39. The highest BCUT2D eigenvalue weighted by Crippen LogP contribution is 2.33. The van der Waals surface area contributed by atoms with E-state index < -0.39 is 5.97 Å². The lowest BCUT2D eigenvalue weighted by Gasteiger charge is -2.14. The fourth-order valence-electron chi connectivity index (χ4n) is 3.29. The van der Waals surface area contributed by atoms with Gasteiger partial charge >= 0.3 is 5.97 Å². The van der Waals surface area contributed by atoms with Gasteiger partial charge in [0.1, 0.15) is 23.0 Å². The van der Waals surface area contributed by atoms with Gasteiger partial charge in [-0.25, -0.2) is 14.8 Å². The molecule has 0 radical (unpaired) electrons. The number of pyridine rings is 2. The number of carbonyl (C=O) groups is 1. The quantitative estimate of drug-likeness (QED) is 0.672. The Balaban J connectivity index is 1.68. The zero-order valence-corrected chi connectivity index (χ0v) is 15.5. The van der Waals surface area contributed by atoms with Gasteiger partial charge in [-0.3, -0.25) is 0 Å². The highest BCUT2D eigenvalue weighted by molar-refractivity contribution is 5.93. The molecule has 0 aliphatic carbocycles. The maximum absolute atomic E-state index is 11.2. The number of benzene rings is 1. The van der Waals surface area contributed by atoms with E-state index in [0.717, 1.165) is 27.8 Å². The average molecular weight is 381 g/mol. The monoisotopic (exact) mass is 381 g/mol. The predicted octanol–water partition coefficient (Wildman–Crippen LogP) is 2.99. The van der Waals surface area contributed by atoms with Gasteiger partial charge in [-0.1, -0.05) is 0 Å². The molecule has 3 heterocycles. The van der Waals surface area contributed by atoms with Gasteiger partial charge in [0, 0.05) is 29.1 Å². The van der Waals surface area contributed by atoms with E-state index in [0.29, 0.717) is 36.8 Å². The Morgan fingerprint density at radius 3 is 2.79 bits per heavy atom. The van der Waals surface area contributed by atoms with Crippen molar-refractivity contribution in [1.82, 2.24) is 9.97 Å². The number of aromatic nitrogens is 2. The molecule has 2 aromatic heterocycles. The van der Waals surface area contributed by atoms with E-state index in [2.05, 4.69) is 15.3 Å². The Labute approximate surface area is 161 Å². The number of anilines is 1. The molecule has 1 aromatic carbocycles. The van der Waals surface area contributed by atoms with E-state index in [4.69, 9.17) is 14.2 Å². The maximum atomic E-state index is 11.2. The SMILES string of the molecule is COc1ccc(CNc2nc3cnc(C(=O)O)cc3c3c2COC3)c(OC)c1. The van der Waals surface area contributed by atoms with Crippen molar-refractivity contribution in [3.05, 3.63) is 52.8 Å². The number of rotatable bonds is 6. The minimum Gasteiger partial charge on any atom is -0.497 e. The second kappa shape index (κ2) is 7.32. The van der Waals surface area contributed by atoms with Crippen molar-refractivity contribution in [2.75, 3.05) is 19.5 Å². The van der Waals surface area contributed by atoms with Crippen LogP contribution in [0.1, 0.15) is 27.2 Å². The lowest BCUT2D eigenvalue weighted by atomic mass is 10.1. The summed E-state index contributed by atoms with van der Waals surface area (Å²) in [4.78, 5) is 19.8. The maximum Gasteiger partial charge on any atom is 0.354 e. The van der Waals surface area contributed by atoms with Crippen LogP contribution in [0.2, 0.25) is 0 Å². The van der Waals surface area contributed by atoms with Gasteiger partial charge in [0.2, 0.25) is 0 Å². The van der Waals surface area contributed by atoms with Crippen LogP contribution in [0.5, 0.6) is 11.5 Å². The van der Waals surface area contributed by atoms with Crippen molar-refractivity contribution in [2.45, 2.75) is 19.8 Å². The van der Waals surface area contributed by atoms with Crippen LogP contribution in [0.4, 0.5) is 5.82 Å². The number of hydrogen-bond acceptors (Lipinski definition) is 7. The lowest BCUT2D eigenvalue weighted by Crippen LogP contribution is -2.07. The Morgan fingerprint density at radius 2 is 2.04 bits per heavy atom. The molecule has 0 amide bonds. The molecular weight excluding hydrogens is 362 g/mol. The highest BCUT2D eigenvalue weighted by atomic mass is 16.5. The number of aromatic carboxylic acids is 1. The third-order valence-corrected chi connectivity index (χ3v) is 4.74. The average Bonchev–Trinajstić information content (AvgIpc) is 3.21. The first-order valence-corrected chi connectivity index (χ1v) is 8.68. The van der Waals surface area contributed by atoms with Crippen LogP contribution in [0, 0.1) is 0 Å². The van der Waals surface area contributed by atoms with Gasteiger partial charge in [0.15, 0.2) is 0 Å². The molecule has 0 spiro atoms. The normalized spacial score (nSPS) is 12.6. The number of methoxy groups -OCH3 is 2. The van der Waals surface area contributed by atoms with Crippen LogP contribution in [0.3, 0.4) is 0 Å². The van der Waals surface area contributed by atoms with Gasteiger partial charge in [-0.2, -0.15) is 0 Å². The van der Waals surface area contributed by atoms with Crippen LogP contribution in [0.25, 0.3) is 10.9 Å². The summed E-state index contributed by atoms with van der Waals surface area (Å²) in [6, 6.07) is 7.19. The van der Waals surface area contributed by atoms with E-state index >= 15 is 0 Å². The fraction of sp³-hybridized carbons (Fsp3) is 0.250. The zero-order chi connectivity index (χ0) is 19.7. The summed E-state index contributed by atoms with van der Waals surface area (Å²) < 4.78 is 16.3. The minimum absolute atomic E-state index is 0.00733. The van der Waals surface area contributed by atoms with Gasteiger partial charge < -0.3 is 24.6 Å². The molecule has 144 valence electrons. The second-order valence-electron chi connectivity index (χ2n) is 6.33. The highest BCUT2D eigenvalue weighted by Gasteiger charge is 2.22. The number of nitrogens with zero attached hydrogens (tertiary/aromatic N) is 2. The van der Waals surface area contributed by atoms with E-state index in [9.17, 15) is 9.90 Å². The number of hydrogen-bond donors (Lipinski definition) is 2. The molecule has 8 heteroatoms. The first-order valence-electron chi connectivity index (χ1n) is 8.68. The topological polar surface area (TPSA) is 103 Å². The molecule has 0 atom stereocenters. The zero-order valence-electron chi connectivity index (χ0n) is 15.5. The predicted molar refractivity (Wildman–Crippen MR) is 102 cm³/mol. The summed E-state index contributed by atoms with van der Waals surface area (Å²) in [6.07, 6.45) is 1.48. The fourth-order valence-corrected chi connectivity index (χ4v) is 3.29. The number of ether oxygens (including phenoxy) is 3. The molecule has 3 aromatic rings. The number of fused-ring (bicyclic) bond motifs is 3. The molecule has 0 saturated heterocycles. The Bertz CT molecular complexity index is 1070. The summed E-state index contributed by atoms with van der Waals surface area (Å²) in [7, 11) is 3.22. The van der Waals surface area contributed by atoms with E-state index in [1.807, 2.05) is 18.2 Å². The molecule has 1 aliphatic heterocycles. The van der Waals surface area contributed by atoms with Crippen molar-refractivity contribution >= 4 is 22.7 Å². The molecule has 0 bridgehead atoms. The molecule has 0 unspecified atom stereocenters. The van der Waals surface area contributed by atoms with Crippen molar-refractivity contribution in [3.63, 3.8) is 0 Å². The van der Waals surface area contributed by atoms with Crippen LogP contribution >= 0.6 is 0 Å². The molecule has 0 saturated carbocycles. The van der Waals surface area contributed by atoms with Crippen molar-refractivity contribution in [2.24, 2.45) is 0 Å². The Morgan fingerprint density at radius 1 is 1.21 bits per heavy atom. The van der Waals surface area contributed by atoms with Crippen molar-refractivity contribution in [3.8, 4) is 11.5 Å². The third-order valence-electron chi connectivity index (χ3n) is 4.74. The van der Waals surface area contributed by atoms with Crippen molar-refractivity contribution in [1.29, 1.82) is 0 Å². The van der Waals surface area contributed by atoms with E-state index in [1.54, 1.807) is 20.3 Å². The van der Waals surface area contributed by atoms with Crippen LogP contribution in [0.15, 0.2) is 30.5 Å². The van der Waals surface area contributed by atoms with Gasteiger partial charge in [-0.05, 0) is 23.8 Å². The number of nitrogens with one attached hydrogen (secondary N) is 1. The molecule has 2 N–H and O–H groups in total. The number of carboxylic acid groups (broad SMARTS) is 1. The second-order valence-corrected chi connectivity index (χ2v) is 6.33. The summed E-state index contributed by atoms with van der Waals surface area (Å²) in [6.45, 7) is 1.34. The van der Waals surface area contributed by atoms with Gasteiger partial charge in [-0.15, -0.1) is 0 Å². The van der Waals surface area contributed by atoms with E-state index in [1.165, 1.54) is 6.20 Å². The standard InChI is InChI=1S/C20H19N3O5/c1-26-12-4-3-11(18(5-12)27-2)7-22-19-15-10-28-9-14(15)13-6-16(20(24)25)21-8-17(13)23-19/h3-6,8H,7,9-10H2,1-2H3,(H,22,23)(H,24,25).